The van der Waals surface area contributed by atoms with E-state index >= 15 is 0 Å². The van der Waals surface area contributed by atoms with Crippen molar-refractivity contribution in [3.8, 4) is 0 Å². The zero-order valence-electron chi connectivity index (χ0n) is 9.04. The Bertz CT molecular complexity index is 496. The molecule has 2 rings (SSSR count). The summed E-state index contributed by atoms with van der Waals surface area (Å²) in [5, 5.41) is 0. The van der Waals surface area contributed by atoms with E-state index in [1.165, 1.54) is 6.92 Å². The molecule has 0 radical (unpaired) electrons. The van der Waals surface area contributed by atoms with Gasteiger partial charge in [-0.15, -0.1) is 0 Å². The fourth-order valence-electron chi connectivity index (χ4n) is 1.56. The lowest BCUT2D eigenvalue weighted by Crippen LogP contribution is -2.29. The number of benzene rings is 1. The molecule has 1 aromatic rings. The predicted octanol–water partition coefficient (Wildman–Crippen LogP) is 1.70. The number of amides is 2. The normalized spacial score (nSPS) is 14.9. The molecular weight excluding hydrogens is 228 g/mol. The van der Waals surface area contributed by atoms with Gasteiger partial charge in [-0.2, -0.15) is 0 Å². The Morgan fingerprint density at radius 2 is 1.53 bits per heavy atom. The summed E-state index contributed by atoms with van der Waals surface area (Å²) in [5.74, 6) is -2.33. The van der Waals surface area contributed by atoms with Crippen molar-refractivity contribution in [3.05, 3.63) is 47.0 Å². The third-order valence-corrected chi connectivity index (χ3v) is 2.58. The van der Waals surface area contributed by atoms with Crippen LogP contribution in [0, 0.1) is 18.6 Å². The van der Waals surface area contributed by atoms with Crippen LogP contribution in [0.5, 0.6) is 0 Å². The average molecular weight is 237 g/mol. The van der Waals surface area contributed by atoms with Crippen LogP contribution in [0.1, 0.15) is 11.1 Å². The van der Waals surface area contributed by atoms with E-state index in [4.69, 9.17) is 0 Å². The number of halogens is 2. The maximum atomic E-state index is 13.3. The summed E-state index contributed by atoms with van der Waals surface area (Å²) < 4.78 is 26.5. The number of carbonyl (C=O) groups excluding carboxylic acids is 2. The van der Waals surface area contributed by atoms with Crippen molar-refractivity contribution < 1.29 is 18.4 Å². The molecule has 1 aromatic carbocycles. The highest BCUT2D eigenvalue weighted by atomic mass is 19.1. The third-order valence-electron chi connectivity index (χ3n) is 2.58. The minimum absolute atomic E-state index is 0.0778. The van der Waals surface area contributed by atoms with E-state index in [-0.39, 0.29) is 17.7 Å². The smallest absolute Gasteiger partial charge is 0.253 e. The van der Waals surface area contributed by atoms with Gasteiger partial charge in [0.15, 0.2) is 0 Å². The average Bonchev–Trinajstić information content (AvgIpc) is 2.57. The van der Waals surface area contributed by atoms with Crippen LogP contribution in [-0.2, 0) is 16.1 Å². The summed E-state index contributed by atoms with van der Waals surface area (Å²) >= 11 is 0. The van der Waals surface area contributed by atoms with Gasteiger partial charge >= 0.3 is 0 Å². The summed E-state index contributed by atoms with van der Waals surface area (Å²) in [7, 11) is 0. The quantitative estimate of drug-likeness (QED) is 0.734. The lowest BCUT2D eigenvalue weighted by atomic mass is 10.1. The van der Waals surface area contributed by atoms with E-state index in [1.807, 2.05) is 0 Å². The summed E-state index contributed by atoms with van der Waals surface area (Å²) in [4.78, 5) is 23.4. The molecule has 0 aromatic heterocycles. The van der Waals surface area contributed by atoms with Crippen molar-refractivity contribution in [1.29, 1.82) is 0 Å². The summed E-state index contributed by atoms with van der Waals surface area (Å²) in [5.41, 5.74) is 0.168. The minimum atomic E-state index is -0.688. The first-order valence-electron chi connectivity index (χ1n) is 4.97. The molecule has 0 unspecified atom stereocenters. The Morgan fingerprint density at radius 3 is 2.00 bits per heavy atom. The van der Waals surface area contributed by atoms with Gasteiger partial charge < -0.3 is 0 Å². The molecule has 1 aliphatic heterocycles. The van der Waals surface area contributed by atoms with Crippen molar-refractivity contribution >= 4 is 11.8 Å². The van der Waals surface area contributed by atoms with Gasteiger partial charge in [-0.25, -0.2) is 8.78 Å². The lowest BCUT2D eigenvalue weighted by Gasteiger charge is -2.14. The molecular formula is C12H9F2NO2. The number of hydrogen-bond donors (Lipinski definition) is 0. The standard InChI is InChI=1S/C12H9F2NO2/c1-7-9(13)4-8(5-10(7)14)6-15-11(16)2-3-12(15)17/h2-5H,6H2,1H3. The maximum absolute atomic E-state index is 13.3. The molecule has 1 aliphatic rings. The predicted molar refractivity (Wildman–Crippen MR) is 55.8 cm³/mol. The van der Waals surface area contributed by atoms with Crippen LogP contribution in [0.2, 0.25) is 0 Å². The van der Waals surface area contributed by atoms with Crippen LogP contribution in [-0.4, -0.2) is 16.7 Å². The second-order valence-electron chi connectivity index (χ2n) is 3.78. The molecule has 0 N–H and O–H groups in total. The molecule has 0 spiro atoms. The molecule has 0 fully saturated rings. The van der Waals surface area contributed by atoms with Crippen molar-refractivity contribution in [1.82, 2.24) is 4.90 Å². The zero-order valence-corrected chi connectivity index (χ0v) is 9.04. The molecule has 0 saturated heterocycles. The second-order valence-corrected chi connectivity index (χ2v) is 3.78. The van der Waals surface area contributed by atoms with Gasteiger partial charge in [0.2, 0.25) is 0 Å². The monoisotopic (exact) mass is 237 g/mol. The molecule has 17 heavy (non-hydrogen) atoms. The number of nitrogens with zero attached hydrogens (tertiary/aromatic N) is 1. The Labute approximate surface area is 96.3 Å². The highest BCUT2D eigenvalue weighted by Gasteiger charge is 2.23. The lowest BCUT2D eigenvalue weighted by molar-refractivity contribution is -0.137. The van der Waals surface area contributed by atoms with E-state index in [1.54, 1.807) is 0 Å². The van der Waals surface area contributed by atoms with Crippen LogP contribution in [0.15, 0.2) is 24.3 Å². The van der Waals surface area contributed by atoms with Crippen LogP contribution in [0.25, 0.3) is 0 Å². The van der Waals surface area contributed by atoms with Crippen LogP contribution in [0.4, 0.5) is 8.78 Å². The Morgan fingerprint density at radius 1 is 1.06 bits per heavy atom. The Balaban J connectivity index is 2.25. The van der Waals surface area contributed by atoms with Crippen LogP contribution in [0.3, 0.4) is 0 Å². The van der Waals surface area contributed by atoms with E-state index in [0.717, 1.165) is 29.2 Å². The molecule has 0 aliphatic carbocycles. The maximum Gasteiger partial charge on any atom is 0.253 e. The molecule has 1 heterocycles. The Kier molecular flexibility index (Phi) is 2.75. The van der Waals surface area contributed by atoms with Crippen molar-refractivity contribution in [3.63, 3.8) is 0 Å². The first kappa shape index (κ1) is 11.4. The van der Waals surface area contributed by atoms with Gasteiger partial charge in [-0.3, -0.25) is 14.5 Å². The molecule has 3 nitrogen and oxygen atoms in total. The molecule has 5 heteroatoms. The van der Waals surface area contributed by atoms with Crippen molar-refractivity contribution in [2.24, 2.45) is 0 Å². The Hall–Kier alpha value is -2.04. The van der Waals surface area contributed by atoms with Gasteiger partial charge in [0.05, 0.1) is 6.54 Å². The van der Waals surface area contributed by atoms with E-state index in [0.29, 0.717) is 0 Å². The van der Waals surface area contributed by atoms with Crippen LogP contribution < -0.4 is 0 Å². The van der Waals surface area contributed by atoms with Gasteiger partial charge in [0.25, 0.3) is 11.8 Å². The number of hydrogen-bond acceptors (Lipinski definition) is 2. The molecule has 88 valence electrons. The highest BCUT2D eigenvalue weighted by molar-refractivity contribution is 6.12. The fraction of sp³-hybridized carbons (Fsp3) is 0.167. The first-order chi connectivity index (χ1) is 7.99. The van der Waals surface area contributed by atoms with Gasteiger partial charge in [-0.1, -0.05) is 0 Å². The molecule has 0 atom stereocenters. The fourth-order valence-corrected chi connectivity index (χ4v) is 1.56. The molecule has 0 saturated carbocycles. The number of rotatable bonds is 2. The molecule has 0 bridgehead atoms. The van der Waals surface area contributed by atoms with Crippen molar-refractivity contribution in [2.45, 2.75) is 13.5 Å². The first-order valence-corrected chi connectivity index (χ1v) is 4.97. The molecule has 2 amide bonds. The largest absolute Gasteiger partial charge is 0.271 e. The van der Waals surface area contributed by atoms with Gasteiger partial charge in [-0.05, 0) is 24.6 Å². The van der Waals surface area contributed by atoms with Crippen molar-refractivity contribution in [2.75, 3.05) is 0 Å². The number of imide groups is 1. The summed E-state index contributed by atoms with van der Waals surface area (Å²) in [6.07, 6.45) is 2.26. The highest BCUT2D eigenvalue weighted by Crippen LogP contribution is 2.17. The van der Waals surface area contributed by atoms with E-state index < -0.39 is 23.4 Å². The zero-order chi connectivity index (χ0) is 12.6. The third kappa shape index (κ3) is 2.08. The van der Waals surface area contributed by atoms with Gasteiger partial charge in [0, 0.05) is 17.7 Å². The summed E-state index contributed by atoms with van der Waals surface area (Å²) in [6, 6.07) is 2.24. The van der Waals surface area contributed by atoms with Crippen LogP contribution >= 0.6 is 0 Å². The number of carbonyl (C=O) groups is 2. The minimum Gasteiger partial charge on any atom is -0.271 e. The summed E-state index contributed by atoms with van der Waals surface area (Å²) in [6.45, 7) is 1.20. The van der Waals surface area contributed by atoms with E-state index in [2.05, 4.69) is 0 Å². The topological polar surface area (TPSA) is 37.4 Å². The second kappa shape index (κ2) is 4.08. The van der Waals surface area contributed by atoms with E-state index in [9.17, 15) is 18.4 Å². The van der Waals surface area contributed by atoms with Gasteiger partial charge in [0.1, 0.15) is 11.6 Å². The SMILES string of the molecule is Cc1c(F)cc(CN2C(=O)C=CC2=O)cc1F.